The van der Waals surface area contributed by atoms with Gasteiger partial charge in [-0.15, -0.1) is 0 Å². The zero-order chi connectivity index (χ0) is 18.7. The normalized spacial score (nSPS) is 12.3. The predicted molar refractivity (Wildman–Crippen MR) is 100.0 cm³/mol. The van der Waals surface area contributed by atoms with Crippen LogP contribution in [-0.2, 0) is 26.3 Å². The highest BCUT2D eigenvalue weighted by Crippen LogP contribution is 2.20. The van der Waals surface area contributed by atoms with Crippen molar-refractivity contribution in [3.8, 4) is 0 Å². The molecule has 2 aromatic carbocycles. The molecule has 0 unspecified atom stereocenters. The highest BCUT2D eigenvalue weighted by molar-refractivity contribution is 7.92. The lowest BCUT2D eigenvalue weighted by molar-refractivity contribution is 0.586. The van der Waals surface area contributed by atoms with E-state index in [2.05, 4.69) is 18.6 Å². The Labute approximate surface area is 150 Å². The minimum Gasteiger partial charge on any atom is -0.280 e. The summed E-state index contributed by atoms with van der Waals surface area (Å²) in [6.07, 6.45) is 3.03. The fraction of sp³-hybridized carbons (Fsp3) is 0.333. The maximum Gasteiger partial charge on any atom is 0.261 e. The van der Waals surface area contributed by atoms with Crippen LogP contribution in [0.3, 0.4) is 0 Å². The Kier molecular flexibility index (Phi) is 5.90. The Morgan fingerprint density at radius 1 is 0.920 bits per heavy atom. The van der Waals surface area contributed by atoms with Gasteiger partial charge in [0, 0.05) is 6.26 Å². The third kappa shape index (κ3) is 5.57. The molecule has 2 aromatic rings. The second-order valence-corrected chi connectivity index (χ2v) is 10.2. The molecule has 1 N–H and O–H groups in total. The van der Waals surface area contributed by atoms with Crippen molar-refractivity contribution in [2.45, 2.75) is 36.5 Å². The van der Waals surface area contributed by atoms with Crippen molar-refractivity contribution >= 4 is 25.5 Å². The molecule has 2 rings (SSSR count). The van der Waals surface area contributed by atoms with Crippen molar-refractivity contribution in [1.29, 1.82) is 0 Å². The Morgan fingerprint density at radius 2 is 1.56 bits per heavy atom. The lowest BCUT2D eigenvalue weighted by Gasteiger charge is -2.10. The lowest BCUT2D eigenvalue weighted by Crippen LogP contribution is -2.13. The fourth-order valence-corrected chi connectivity index (χ4v) is 4.01. The summed E-state index contributed by atoms with van der Waals surface area (Å²) in [4.78, 5) is 0.210. The second kappa shape index (κ2) is 7.58. The summed E-state index contributed by atoms with van der Waals surface area (Å²) in [5.74, 6) is 0.590. The number of sulfone groups is 1. The molecule has 0 atom stereocenters. The zero-order valence-electron chi connectivity index (χ0n) is 14.6. The van der Waals surface area contributed by atoms with Gasteiger partial charge in [-0.1, -0.05) is 32.0 Å². The third-order valence-electron chi connectivity index (χ3n) is 3.76. The quantitative estimate of drug-likeness (QED) is 0.796. The van der Waals surface area contributed by atoms with E-state index < -0.39 is 19.9 Å². The average Bonchev–Trinajstić information content (AvgIpc) is 2.52. The Hall–Kier alpha value is -1.86. The molecule has 0 radical (unpaired) electrons. The van der Waals surface area contributed by atoms with Crippen LogP contribution in [0.15, 0.2) is 58.3 Å². The summed E-state index contributed by atoms with van der Waals surface area (Å²) in [7, 11) is -7.17. The first-order valence-corrected chi connectivity index (χ1v) is 11.4. The highest BCUT2D eigenvalue weighted by atomic mass is 32.2. The summed E-state index contributed by atoms with van der Waals surface area (Å²) in [6, 6.07) is 12.5. The molecule has 0 aromatic heterocycles. The number of rotatable bonds is 7. The smallest absolute Gasteiger partial charge is 0.261 e. The van der Waals surface area contributed by atoms with Gasteiger partial charge in [0.15, 0.2) is 9.84 Å². The maximum absolute atomic E-state index is 12.5. The van der Waals surface area contributed by atoms with Crippen molar-refractivity contribution in [3.63, 3.8) is 0 Å². The molecule has 136 valence electrons. The van der Waals surface area contributed by atoms with Gasteiger partial charge in [-0.05, 0) is 54.7 Å². The highest BCUT2D eigenvalue weighted by Gasteiger charge is 2.15. The average molecular weight is 382 g/mol. The largest absolute Gasteiger partial charge is 0.280 e. The summed E-state index contributed by atoms with van der Waals surface area (Å²) >= 11 is 0. The monoisotopic (exact) mass is 381 g/mol. The molecule has 5 nitrogen and oxygen atoms in total. The molecule has 0 bridgehead atoms. The molecule has 0 heterocycles. The summed E-state index contributed by atoms with van der Waals surface area (Å²) < 4.78 is 50.6. The predicted octanol–water partition coefficient (Wildman–Crippen LogP) is 3.48. The minimum atomic E-state index is -3.77. The van der Waals surface area contributed by atoms with Crippen LogP contribution in [0.1, 0.15) is 25.8 Å². The van der Waals surface area contributed by atoms with Crippen LogP contribution in [-0.4, -0.2) is 23.1 Å². The molecular weight excluding hydrogens is 358 g/mol. The molecule has 0 aliphatic carbocycles. The van der Waals surface area contributed by atoms with Gasteiger partial charge in [-0.3, -0.25) is 4.72 Å². The number of aryl methyl sites for hydroxylation is 1. The van der Waals surface area contributed by atoms with Crippen molar-refractivity contribution in [1.82, 2.24) is 0 Å². The minimum absolute atomic E-state index is 0.0664. The second-order valence-electron chi connectivity index (χ2n) is 6.48. The fourth-order valence-electron chi connectivity index (χ4n) is 2.29. The van der Waals surface area contributed by atoms with Gasteiger partial charge in [0.25, 0.3) is 10.0 Å². The van der Waals surface area contributed by atoms with E-state index in [0.717, 1.165) is 24.7 Å². The first-order valence-electron chi connectivity index (χ1n) is 8.00. The molecule has 7 heteroatoms. The van der Waals surface area contributed by atoms with E-state index >= 15 is 0 Å². The van der Waals surface area contributed by atoms with Crippen LogP contribution in [0, 0.1) is 5.92 Å². The van der Waals surface area contributed by atoms with Gasteiger partial charge >= 0.3 is 0 Å². The van der Waals surface area contributed by atoms with E-state index in [4.69, 9.17) is 0 Å². The number of hydrogen-bond donors (Lipinski definition) is 1. The van der Waals surface area contributed by atoms with Crippen molar-refractivity contribution in [2.75, 3.05) is 11.0 Å². The SMILES string of the molecule is CC(C)CCc1ccc(S(=O)(=O)Nc2cccc(S(C)(=O)=O)c2)cc1. The van der Waals surface area contributed by atoms with Crippen molar-refractivity contribution in [2.24, 2.45) is 5.92 Å². The standard InChI is InChI=1S/C18H23NO4S2/c1-14(2)7-8-15-9-11-17(12-10-15)25(22,23)19-16-5-4-6-18(13-16)24(3,20)21/h4-6,9-14,19H,7-8H2,1-3H3. The number of nitrogens with one attached hydrogen (secondary N) is 1. The van der Waals surface area contributed by atoms with E-state index in [1.165, 1.54) is 24.3 Å². The van der Waals surface area contributed by atoms with Gasteiger partial charge in [-0.25, -0.2) is 16.8 Å². The van der Waals surface area contributed by atoms with Gasteiger partial charge < -0.3 is 0 Å². The number of benzene rings is 2. The van der Waals surface area contributed by atoms with Crippen LogP contribution >= 0.6 is 0 Å². The number of hydrogen-bond acceptors (Lipinski definition) is 4. The summed E-state index contributed by atoms with van der Waals surface area (Å²) in [6.45, 7) is 4.29. The molecule has 0 aliphatic heterocycles. The Morgan fingerprint density at radius 3 is 2.12 bits per heavy atom. The first-order chi connectivity index (χ1) is 11.6. The van der Waals surface area contributed by atoms with Crippen LogP contribution in [0.5, 0.6) is 0 Å². The van der Waals surface area contributed by atoms with Gasteiger partial charge in [0.1, 0.15) is 0 Å². The van der Waals surface area contributed by atoms with Crippen LogP contribution in [0.25, 0.3) is 0 Å². The van der Waals surface area contributed by atoms with Gasteiger partial charge in [0.05, 0.1) is 15.5 Å². The Balaban J connectivity index is 2.19. The molecule has 0 saturated heterocycles. The van der Waals surface area contributed by atoms with E-state index in [1.54, 1.807) is 12.1 Å². The number of sulfonamides is 1. The molecular formula is C18H23NO4S2. The summed E-state index contributed by atoms with van der Waals surface area (Å²) in [5.41, 5.74) is 1.30. The van der Waals surface area contributed by atoms with E-state index in [9.17, 15) is 16.8 Å². The molecule has 0 saturated carbocycles. The van der Waals surface area contributed by atoms with E-state index in [0.29, 0.717) is 5.92 Å². The van der Waals surface area contributed by atoms with E-state index in [1.807, 2.05) is 12.1 Å². The van der Waals surface area contributed by atoms with Crippen LogP contribution in [0.2, 0.25) is 0 Å². The maximum atomic E-state index is 12.5. The topological polar surface area (TPSA) is 80.3 Å². The van der Waals surface area contributed by atoms with Crippen LogP contribution in [0.4, 0.5) is 5.69 Å². The van der Waals surface area contributed by atoms with Gasteiger partial charge in [-0.2, -0.15) is 0 Å². The molecule has 25 heavy (non-hydrogen) atoms. The van der Waals surface area contributed by atoms with Crippen LogP contribution < -0.4 is 4.72 Å². The number of anilines is 1. The zero-order valence-corrected chi connectivity index (χ0v) is 16.2. The first kappa shape index (κ1) is 19.5. The third-order valence-corrected chi connectivity index (χ3v) is 6.27. The molecule has 0 spiro atoms. The van der Waals surface area contributed by atoms with Crippen molar-refractivity contribution < 1.29 is 16.8 Å². The van der Waals surface area contributed by atoms with Gasteiger partial charge in [0.2, 0.25) is 0 Å². The van der Waals surface area contributed by atoms with Crippen molar-refractivity contribution in [3.05, 3.63) is 54.1 Å². The summed E-state index contributed by atoms with van der Waals surface area (Å²) in [5, 5.41) is 0. The molecule has 0 aliphatic rings. The molecule has 0 fully saturated rings. The Bertz CT molecular complexity index is 931. The lowest BCUT2D eigenvalue weighted by atomic mass is 10.0. The molecule has 0 amide bonds. The van der Waals surface area contributed by atoms with E-state index in [-0.39, 0.29) is 15.5 Å².